The van der Waals surface area contributed by atoms with Crippen LogP contribution in [0.5, 0.6) is 0 Å². The summed E-state index contributed by atoms with van der Waals surface area (Å²) in [4.78, 5) is 2.36. The van der Waals surface area contributed by atoms with E-state index in [1.807, 2.05) is 0 Å². The molecule has 1 aliphatic rings. The maximum absolute atomic E-state index is 13.0. The maximum Gasteiger partial charge on any atom is 0.416 e. The first-order valence-electron chi connectivity index (χ1n) is 7.99. The highest BCUT2D eigenvalue weighted by Gasteiger charge is 2.33. The van der Waals surface area contributed by atoms with Crippen LogP contribution >= 0.6 is 15.9 Å². The molecule has 1 heterocycles. The Morgan fingerprint density at radius 2 is 1.82 bits per heavy atom. The molecule has 1 nitrogen and oxygen atoms in total. The molecule has 1 aliphatic heterocycles. The third kappa shape index (κ3) is 4.05. The lowest BCUT2D eigenvalue weighted by atomic mass is 9.94. The predicted octanol–water partition coefficient (Wildman–Crippen LogP) is 5.79. The normalized spacial score (nSPS) is 16.1. The van der Waals surface area contributed by atoms with Gasteiger partial charge in [0, 0.05) is 23.6 Å². The Hall–Kier alpha value is -0.550. The van der Waals surface area contributed by atoms with Gasteiger partial charge in [0.25, 0.3) is 0 Å². The fourth-order valence-electron chi connectivity index (χ4n) is 3.32. The van der Waals surface area contributed by atoms with E-state index in [1.54, 1.807) is 0 Å². The third-order valence-corrected chi connectivity index (χ3v) is 5.11. The minimum atomic E-state index is -4.29. The van der Waals surface area contributed by atoms with Crippen LogP contribution in [0, 0.1) is 0 Å². The number of rotatable bonds is 5. The molecule has 1 aromatic carbocycles. The van der Waals surface area contributed by atoms with E-state index in [2.05, 4.69) is 34.7 Å². The lowest BCUT2D eigenvalue weighted by Crippen LogP contribution is -2.39. The van der Waals surface area contributed by atoms with Gasteiger partial charge in [-0.1, -0.05) is 42.6 Å². The maximum atomic E-state index is 13.0. The van der Waals surface area contributed by atoms with E-state index in [1.165, 1.54) is 12.1 Å². The van der Waals surface area contributed by atoms with Crippen molar-refractivity contribution >= 4 is 15.9 Å². The zero-order valence-corrected chi connectivity index (χ0v) is 14.7. The largest absolute Gasteiger partial charge is 0.416 e. The summed E-state index contributed by atoms with van der Waals surface area (Å²) in [5.74, 6) is 0. The number of benzene rings is 1. The summed E-state index contributed by atoms with van der Waals surface area (Å²) in [7, 11) is 0. The zero-order valence-electron chi connectivity index (χ0n) is 13.1. The number of fused-ring (bicyclic) bond motifs is 1. The Bertz CT molecular complexity index is 507. The van der Waals surface area contributed by atoms with Crippen LogP contribution in [0.4, 0.5) is 13.2 Å². The lowest BCUT2D eigenvalue weighted by Gasteiger charge is -2.36. The van der Waals surface area contributed by atoms with Gasteiger partial charge in [-0.15, -0.1) is 0 Å². The van der Waals surface area contributed by atoms with Crippen LogP contribution < -0.4 is 0 Å². The highest BCUT2D eigenvalue weighted by Crippen LogP contribution is 2.36. The van der Waals surface area contributed by atoms with E-state index >= 15 is 0 Å². The Morgan fingerprint density at radius 3 is 2.36 bits per heavy atom. The monoisotopic (exact) mass is 377 g/mol. The van der Waals surface area contributed by atoms with Crippen molar-refractivity contribution in [2.45, 2.75) is 64.7 Å². The van der Waals surface area contributed by atoms with Gasteiger partial charge in [-0.05, 0) is 42.5 Å². The van der Waals surface area contributed by atoms with Crippen molar-refractivity contribution in [3.63, 3.8) is 0 Å². The molecule has 5 heteroatoms. The van der Waals surface area contributed by atoms with Gasteiger partial charge in [-0.25, -0.2) is 0 Å². The molecular weight excluding hydrogens is 355 g/mol. The molecule has 0 amide bonds. The van der Waals surface area contributed by atoms with Gasteiger partial charge >= 0.3 is 6.18 Å². The van der Waals surface area contributed by atoms with Gasteiger partial charge < -0.3 is 0 Å². The van der Waals surface area contributed by atoms with Crippen molar-refractivity contribution in [3.8, 4) is 0 Å². The number of alkyl halides is 3. The molecular formula is C17H23BrF3N. The van der Waals surface area contributed by atoms with E-state index in [0.29, 0.717) is 17.1 Å². The van der Waals surface area contributed by atoms with Crippen molar-refractivity contribution in [2.24, 2.45) is 0 Å². The van der Waals surface area contributed by atoms with Crippen molar-refractivity contribution in [1.82, 2.24) is 4.90 Å². The van der Waals surface area contributed by atoms with Gasteiger partial charge in [0.05, 0.1) is 5.56 Å². The first kappa shape index (κ1) is 17.8. The minimum Gasteiger partial charge on any atom is -0.296 e. The highest BCUT2D eigenvalue weighted by molar-refractivity contribution is 9.10. The molecule has 0 saturated heterocycles. The quantitative estimate of drug-likeness (QED) is 0.627. The fourth-order valence-corrected chi connectivity index (χ4v) is 4.02. The van der Waals surface area contributed by atoms with Crippen molar-refractivity contribution in [3.05, 3.63) is 33.3 Å². The summed E-state index contributed by atoms with van der Waals surface area (Å²) in [5, 5.41) is 0. The topological polar surface area (TPSA) is 3.24 Å². The van der Waals surface area contributed by atoms with E-state index in [-0.39, 0.29) is 0 Å². The molecule has 0 atom stereocenters. The van der Waals surface area contributed by atoms with Gasteiger partial charge in [-0.2, -0.15) is 13.2 Å². The number of halogens is 4. The summed E-state index contributed by atoms with van der Waals surface area (Å²) in [6.07, 6.45) is 0.983. The molecule has 0 spiro atoms. The Labute approximate surface area is 139 Å². The van der Waals surface area contributed by atoms with Gasteiger partial charge in [-0.3, -0.25) is 4.90 Å². The summed E-state index contributed by atoms with van der Waals surface area (Å²) in [6.45, 7) is 5.89. The van der Waals surface area contributed by atoms with E-state index in [4.69, 9.17) is 0 Å². The van der Waals surface area contributed by atoms with E-state index in [9.17, 15) is 13.2 Å². The van der Waals surface area contributed by atoms with Crippen LogP contribution in [0.2, 0.25) is 0 Å². The van der Waals surface area contributed by atoms with Gasteiger partial charge in [0.2, 0.25) is 0 Å². The first-order chi connectivity index (χ1) is 10.4. The fraction of sp³-hybridized carbons (Fsp3) is 0.647. The van der Waals surface area contributed by atoms with E-state index in [0.717, 1.165) is 49.8 Å². The molecule has 0 N–H and O–H groups in total. The Morgan fingerprint density at radius 1 is 1.18 bits per heavy atom. The predicted molar refractivity (Wildman–Crippen MR) is 86.9 cm³/mol. The number of hydrogen-bond donors (Lipinski definition) is 0. The highest BCUT2D eigenvalue weighted by atomic mass is 79.9. The Kier molecular flexibility index (Phi) is 5.94. The van der Waals surface area contributed by atoms with Crippen LogP contribution in [0.25, 0.3) is 0 Å². The molecule has 0 aromatic heterocycles. The van der Waals surface area contributed by atoms with Crippen LogP contribution in [-0.4, -0.2) is 17.5 Å². The Balaban J connectivity index is 2.26. The smallest absolute Gasteiger partial charge is 0.296 e. The summed E-state index contributed by atoms with van der Waals surface area (Å²) in [5.41, 5.74) is 1.31. The van der Waals surface area contributed by atoms with Gasteiger partial charge in [0.1, 0.15) is 0 Å². The summed E-state index contributed by atoms with van der Waals surface area (Å²) < 4.78 is 39.6. The van der Waals surface area contributed by atoms with Gasteiger partial charge in [0.15, 0.2) is 0 Å². The standard InChI is InChI=1S/C17H23BrF3N/c1-3-5-14(6-4-2)22-8-7-15-12(11-22)9-13(10-16(15)18)17(19,20)21/h9-10,14H,3-8,11H2,1-2H3. The summed E-state index contributed by atoms with van der Waals surface area (Å²) in [6, 6.07) is 3.03. The molecule has 0 radical (unpaired) electrons. The van der Waals surface area contributed by atoms with Crippen molar-refractivity contribution in [2.75, 3.05) is 6.54 Å². The molecule has 124 valence electrons. The first-order valence-corrected chi connectivity index (χ1v) is 8.78. The van der Waals surface area contributed by atoms with Crippen molar-refractivity contribution < 1.29 is 13.2 Å². The molecule has 0 aliphatic carbocycles. The number of nitrogens with zero attached hydrogens (tertiary/aromatic N) is 1. The molecule has 1 aromatic rings. The average Bonchev–Trinajstić information content (AvgIpc) is 2.45. The van der Waals surface area contributed by atoms with E-state index < -0.39 is 11.7 Å². The molecule has 0 bridgehead atoms. The lowest BCUT2D eigenvalue weighted by molar-refractivity contribution is -0.137. The zero-order chi connectivity index (χ0) is 16.3. The SMILES string of the molecule is CCCC(CCC)N1CCc2c(Br)cc(C(F)(F)F)cc2C1. The van der Waals surface area contributed by atoms with Crippen LogP contribution in [-0.2, 0) is 19.1 Å². The number of hydrogen-bond acceptors (Lipinski definition) is 1. The minimum absolute atomic E-state index is 0.483. The molecule has 22 heavy (non-hydrogen) atoms. The molecule has 0 saturated carbocycles. The second-order valence-corrected chi connectivity index (χ2v) is 6.90. The molecule has 2 rings (SSSR count). The second-order valence-electron chi connectivity index (χ2n) is 6.05. The summed E-state index contributed by atoms with van der Waals surface area (Å²) >= 11 is 3.33. The molecule has 0 unspecified atom stereocenters. The van der Waals surface area contributed by atoms with Crippen LogP contribution in [0.1, 0.15) is 56.2 Å². The third-order valence-electron chi connectivity index (χ3n) is 4.40. The van der Waals surface area contributed by atoms with Crippen molar-refractivity contribution in [1.29, 1.82) is 0 Å². The molecule has 0 fully saturated rings. The second kappa shape index (κ2) is 7.35. The average molecular weight is 378 g/mol. The van der Waals surface area contributed by atoms with Crippen LogP contribution in [0.15, 0.2) is 16.6 Å². The van der Waals surface area contributed by atoms with Crippen LogP contribution in [0.3, 0.4) is 0 Å².